The molecule has 108 valence electrons. The summed E-state index contributed by atoms with van der Waals surface area (Å²) in [5.74, 6) is 0.759. The molecule has 0 aliphatic rings. The first-order valence-electron chi connectivity index (χ1n) is 7.31. The van der Waals surface area contributed by atoms with Crippen molar-refractivity contribution in [2.75, 3.05) is 0 Å². The van der Waals surface area contributed by atoms with E-state index in [4.69, 9.17) is 0 Å². The predicted molar refractivity (Wildman–Crippen MR) is 83.8 cm³/mol. The lowest BCUT2D eigenvalue weighted by molar-refractivity contribution is 0.621. The topological polar surface area (TPSA) is 37.8 Å². The average molecular weight is 272 g/mol. The highest BCUT2D eigenvalue weighted by Gasteiger charge is 2.18. The number of H-pyrrole nitrogens is 1. The maximum atomic E-state index is 12.7. The first kappa shape index (κ1) is 14.6. The summed E-state index contributed by atoms with van der Waals surface area (Å²) in [5, 5.41) is 3.31. The first-order valence-corrected chi connectivity index (χ1v) is 7.31. The second kappa shape index (κ2) is 5.70. The molecule has 1 heterocycles. The van der Waals surface area contributed by atoms with Crippen molar-refractivity contribution < 1.29 is 0 Å². The fourth-order valence-electron chi connectivity index (χ4n) is 2.60. The van der Waals surface area contributed by atoms with Crippen LogP contribution in [0.15, 0.2) is 29.1 Å². The third kappa shape index (κ3) is 2.87. The molecule has 0 fully saturated rings. The van der Waals surface area contributed by atoms with E-state index in [9.17, 15) is 4.79 Å². The van der Waals surface area contributed by atoms with E-state index in [-0.39, 0.29) is 11.5 Å². The van der Waals surface area contributed by atoms with Gasteiger partial charge in [0.1, 0.15) is 0 Å². The van der Waals surface area contributed by atoms with Crippen molar-refractivity contribution in [3.63, 3.8) is 0 Å². The largest absolute Gasteiger partial charge is 0.295 e. The number of aromatic amines is 1. The maximum Gasteiger partial charge on any atom is 0.274 e. The Morgan fingerprint density at radius 2 is 1.90 bits per heavy atom. The summed E-state index contributed by atoms with van der Waals surface area (Å²) in [6.07, 6.45) is 0.904. The van der Waals surface area contributed by atoms with E-state index in [1.165, 1.54) is 0 Å². The quantitative estimate of drug-likeness (QED) is 0.903. The number of hydrogen-bond acceptors (Lipinski definition) is 1. The molecular weight excluding hydrogens is 248 g/mol. The summed E-state index contributed by atoms with van der Waals surface area (Å²) in [6.45, 7) is 10.5. The standard InChI is InChI=1S/C17H24N2O/c1-11(2)9-15-16(12(3)4)17(20)19(18-15)14-8-6-7-13(5)10-14/h6-8,10-12,18H,9H2,1-5H3. The van der Waals surface area contributed by atoms with Gasteiger partial charge in [-0.2, -0.15) is 0 Å². The van der Waals surface area contributed by atoms with Crippen LogP contribution in [-0.4, -0.2) is 9.78 Å². The van der Waals surface area contributed by atoms with Crippen LogP contribution in [0, 0.1) is 12.8 Å². The zero-order valence-electron chi connectivity index (χ0n) is 13.0. The molecule has 0 aliphatic heterocycles. The zero-order chi connectivity index (χ0) is 14.9. The zero-order valence-corrected chi connectivity index (χ0v) is 13.0. The number of nitrogens with one attached hydrogen (secondary N) is 1. The van der Waals surface area contributed by atoms with Crippen molar-refractivity contribution in [3.05, 3.63) is 51.4 Å². The Bertz CT molecular complexity index is 647. The van der Waals surface area contributed by atoms with Crippen LogP contribution < -0.4 is 5.56 Å². The molecule has 0 saturated carbocycles. The van der Waals surface area contributed by atoms with Crippen molar-refractivity contribution in [2.45, 2.75) is 47.0 Å². The highest BCUT2D eigenvalue weighted by molar-refractivity contribution is 5.36. The Morgan fingerprint density at radius 3 is 2.45 bits per heavy atom. The van der Waals surface area contributed by atoms with Gasteiger partial charge in [-0.05, 0) is 42.9 Å². The summed E-state index contributed by atoms with van der Waals surface area (Å²) < 4.78 is 1.68. The molecule has 1 aromatic heterocycles. The fourth-order valence-corrected chi connectivity index (χ4v) is 2.60. The summed E-state index contributed by atoms with van der Waals surface area (Å²) >= 11 is 0. The third-order valence-corrected chi connectivity index (χ3v) is 3.45. The lowest BCUT2D eigenvalue weighted by atomic mass is 9.98. The molecule has 2 rings (SSSR count). The highest BCUT2D eigenvalue weighted by Crippen LogP contribution is 2.19. The van der Waals surface area contributed by atoms with E-state index in [2.05, 4.69) is 32.8 Å². The molecule has 1 aromatic carbocycles. The van der Waals surface area contributed by atoms with E-state index in [0.29, 0.717) is 5.92 Å². The summed E-state index contributed by atoms with van der Waals surface area (Å²) in [5.41, 5.74) is 4.13. The molecule has 0 unspecified atom stereocenters. The highest BCUT2D eigenvalue weighted by atomic mass is 16.1. The molecule has 0 atom stereocenters. The average Bonchev–Trinajstić information content (AvgIpc) is 2.65. The Balaban J connectivity index is 2.58. The molecule has 0 saturated heterocycles. The summed E-state index contributed by atoms with van der Waals surface area (Å²) in [7, 11) is 0. The van der Waals surface area contributed by atoms with Crippen molar-refractivity contribution in [2.24, 2.45) is 5.92 Å². The van der Waals surface area contributed by atoms with Crippen LogP contribution in [0.2, 0.25) is 0 Å². The van der Waals surface area contributed by atoms with Crippen molar-refractivity contribution in [3.8, 4) is 5.69 Å². The first-order chi connectivity index (χ1) is 9.40. The summed E-state index contributed by atoms with van der Waals surface area (Å²) in [6, 6.07) is 8.01. The third-order valence-electron chi connectivity index (χ3n) is 3.45. The van der Waals surface area contributed by atoms with Gasteiger partial charge in [0.2, 0.25) is 0 Å². The Morgan fingerprint density at radius 1 is 1.20 bits per heavy atom. The minimum Gasteiger partial charge on any atom is -0.295 e. The van der Waals surface area contributed by atoms with Crippen LogP contribution in [0.25, 0.3) is 5.69 Å². The fraction of sp³-hybridized carbons (Fsp3) is 0.471. The molecule has 0 radical (unpaired) electrons. The number of aromatic nitrogens is 2. The lowest BCUT2D eigenvalue weighted by Gasteiger charge is -2.07. The van der Waals surface area contributed by atoms with Gasteiger partial charge >= 0.3 is 0 Å². The van der Waals surface area contributed by atoms with Crippen LogP contribution in [0.5, 0.6) is 0 Å². The number of hydrogen-bond donors (Lipinski definition) is 1. The maximum absolute atomic E-state index is 12.7. The Kier molecular flexibility index (Phi) is 4.17. The molecule has 0 spiro atoms. The van der Waals surface area contributed by atoms with Gasteiger partial charge < -0.3 is 0 Å². The molecule has 3 heteroatoms. The minimum atomic E-state index is 0.0845. The van der Waals surface area contributed by atoms with Crippen molar-refractivity contribution in [1.29, 1.82) is 0 Å². The van der Waals surface area contributed by atoms with Gasteiger partial charge in [-0.25, -0.2) is 4.68 Å². The van der Waals surface area contributed by atoms with Crippen molar-refractivity contribution >= 4 is 0 Å². The van der Waals surface area contributed by atoms with Crippen LogP contribution >= 0.6 is 0 Å². The normalized spacial score (nSPS) is 11.6. The summed E-state index contributed by atoms with van der Waals surface area (Å²) in [4.78, 5) is 12.7. The van der Waals surface area contributed by atoms with Gasteiger partial charge in [-0.3, -0.25) is 9.89 Å². The minimum absolute atomic E-state index is 0.0845. The van der Waals surface area contributed by atoms with Gasteiger partial charge in [0.05, 0.1) is 5.69 Å². The molecule has 2 aromatic rings. The number of nitrogens with zero attached hydrogens (tertiary/aromatic N) is 1. The molecule has 1 N–H and O–H groups in total. The molecule has 20 heavy (non-hydrogen) atoms. The smallest absolute Gasteiger partial charge is 0.274 e. The monoisotopic (exact) mass is 272 g/mol. The molecule has 0 amide bonds. The molecule has 0 aliphatic carbocycles. The van der Waals surface area contributed by atoms with E-state index in [0.717, 1.165) is 28.9 Å². The van der Waals surface area contributed by atoms with Gasteiger partial charge in [0.25, 0.3) is 5.56 Å². The van der Waals surface area contributed by atoms with Gasteiger partial charge in [-0.1, -0.05) is 39.8 Å². The SMILES string of the molecule is Cc1cccc(-n2[nH]c(CC(C)C)c(C(C)C)c2=O)c1. The second-order valence-corrected chi connectivity index (χ2v) is 6.24. The number of benzene rings is 1. The van der Waals surface area contributed by atoms with Gasteiger partial charge in [0, 0.05) is 11.3 Å². The number of aryl methyl sites for hydroxylation is 1. The number of rotatable bonds is 4. The van der Waals surface area contributed by atoms with E-state index < -0.39 is 0 Å². The Hall–Kier alpha value is -1.77. The van der Waals surface area contributed by atoms with Gasteiger partial charge in [0.15, 0.2) is 0 Å². The van der Waals surface area contributed by atoms with Gasteiger partial charge in [-0.15, -0.1) is 0 Å². The van der Waals surface area contributed by atoms with Crippen LogP contribution in [0.1, 0.15) is 50.4 Å². The molecule has 0 bridgehead atoms. The van der Waals surface area contributed by atoms with E-state index >= 15 is 0 Å². The van der Waals surface area contributed by atoms with Crippen LogP contribution in [-0.2, 0) is 6.42 Å². The van der Waals surface area contributed by atoms with E-state index in [1.807, 2.05) is 31.2 Å². The van der Waals surface area contributed by atoms with Crippen molar-refractivity contribution in [1.82, 2.24) is 9.78 Å². The molecular formula is C17H24N2O. The Labute approximate surface area is 120 Å². The van der Waals surface area contributed by atoms with Crippen LogP contribution in [0.4, 0.5) is 0 Å². The lowest BCUT2D eigenvalue weighted by Crippen LogP contribution is -2.18. The predicted octanol–water partition coefficient (Wildman–Crippen LogP) is 3.80. The van der Waals surface area contributed by atoms with Crippen LogP contribution in [0.3, 0.4) is 0 Å². The second-order valence-electron chi connectivity index (χ2n) is 6.24. The van der Waals surface area contributed by atoms with E-state index in [1.54, 1.807) is 4.68 Å². The molecule has 3 nitrogen and oxygen atoms in total.